The van der Waals surface area contributed by atoms with Crippen LogP contribution in [0.15, 0.2) is 59.5 Å². The predicted octanol–water partition coefficient (Wildman–Crippen LogP) is 1.46. The second-order valence-electron chi connectivity index (χ2n) is 8.17. The molecule has 1 aliphatic carbocycles. The normalized spacial score (nSPS) is 12.9. The van der Waals surface area contributed by atoms with E-state index in [4.69, 9.17) is 14.8 Å². The molecule has 0 spiro atoms. The van der Waals surface area contributed by atoms with Gasteiger partial charge in [-0.3, -0.25) is 14.2 Å². The fourth-order valence-electron chi connectivity index (χ4n) is 4.19. The Morgan fingerprint density at radius 2 is 1.45 bits per heavy atom. The molecule has 13 heteroatoms. The Labute approximate surface area is 242 Å². The number of anilines is 3. The molecule has 0 radical (unpaired) electrons. The number of benzene rings is 3. The van der Waals surface area contributed by atoms with Gasteiger partial charge in [0, 0.05) is 16.8 Å². The number of hydrogen-bond acceptors (Lipinski definition) is 10. The first-order valence-corrected chi connectivity index (χ1v) is 14.5. The van der Waals surface area contributed by atoms with Crippen molar-refractivity contribution >= 4 is 46.3 Å². The number of carbonyl (C=O) groups is 2. The minimum Gasteiger partial charge on any atom is -0.744 e. The first-order chi connectivity index (χ1) is 17.5. The maximum absolute atomic E-state index is 13.4. The first kappa shape index (κ1) is 30.2. The van der Waals surface area contributed by atoms with Gasteiger partial charge in [-0.05, 0) is 37.6 Å². The molecule has 0 amide bonds. The molecule has 1 aliphatic rings. The van der Waals surface area contributed by atoms with Crippen LogP contribution in [0.2, 0.25) is 0 Å². The van der Waals surface area contributed by atoms with Gasteiger partial charge in [-0.2, -0.15) is 0 Å². The molecule has 0 atom stereocenters. The Bertz CT molecular complexity index is 1550. The van der Waals surface area contributed by atoms with Gasteiger partial charge in [0.2, 0.25) is 0 Å². The fourth-order valence-corrected chi connectivity index (χ4v) is 6.53. The van der Waals surface area contributed by atoms with Crippen molar-refractivity contribution < 1.29 is 65.7 Å². The number of fused-ring (bicyclic) bond motifs is 2. The maximum Gasteiger partial charge on any atom is 1.00 e. The number of nitrogens with two attached hydrogens (primary N) is 1. The summed E-state index contributed by atoms with van der Waals surface area (Å²) in [6.45, 7) is 3.87. The Morgan fingerprint density at radius 1 is 0.921 bits per heavy atom. The zero-order chi connectivity index (χ0) is 27.0. The predicted molar refractivity (Wildman–Crippen MR) is 136 cm³/mol. The van der Waals surface area contributed by atoms with E-state index >= 15 is 0 Å². The monoisotopic (exact) mass is 566 g/mol. The summed E-state index contributed by atoms with van der Waals surface area (Å²) in [6.07, 6.45) is 0.0363. The second-order valence-corrected chi connectivity index (χ2v) is 11.6. The number of rotatable bonds is 9. The van der Waals surface area contributed by atoms with Crippen molar-refractivity contribution in [1.29, 1.82) is 0 Å². The van der Waals surface area contributed by atoms with Crippen molar-refractivity contribution in [2.75, 3.05) is 24.3 Å². The number of hydrogen-bond donors (Lipinski definition) is 2. The molecule has 0 unspecified atom stereocenters. The summed E-state index contributed by atoms with van der Waals surface area (Å²) in [6, 6.07) is 13.6. The molecule has 0 saturated heterocycles. The number of nitrogens with one attached hydrogen (secondary N) is 1. The zero-order valence-corrected chi connectivity index (χ0v) is 24.7. The van der Waals surface area contributed by atoms with Crippen LogP contribution in [0, 0.1) is 0 Å². The summed E-state index contributed by atoms with van der Waals surface area (Å²) >= 11 is 0. The van der Waals surface area contributed by atoms with Crippen molar-refractivity contribution in [2.45, 2.75) is 24.9 Å². The first-order valence-electron chi connectivity index (χ1n) is 11.3. The van der Waals surface area contributed by atoms with E-state index in [0.29, 0.717) is 11.3 Å². The molecular weight excluding hydrogens is 542 g/mol. The third kappa shape index (κ3) is 5.95. The van der Waals surface area contributed by atoms with Crippen molar-refractivity contribution in [3.63, 3.8) is 0 Å². The molecule has 4 rings (SSSR count). The van der Waals surface area contributed by atoms with Crippen molar-refractivity contribution in [3.8, 4) is 0 Å². The molecule has 3 N–H and O–H groups in total. The third-order valence-electron chi connectivity index (χ3n) is 5.73. The van der Waals surface area contributed by atoms with E-state index in [2.05, 4.69) is 5.32 Å². The van der Waals surface area contributed by atoms with E-state index in [1.54, 1.807) is 50.2 Å². The summed E-state index contributed by atoms with van der Waals surface area (Å²) in [5.74, 6) is -1.20. The van der Waals surface area contributed by atoms with Gasteiger partial charge in [0.15, 0.2) is 11.6 Å². The van der Waals surface area contributed by atoms with Gasteiger partial charge in [0.05, 0.1) is 46.8 Å². The molecule has 194 valence electrons. The van der Waals surface area contributed by atoms with Crippen LogP contribution < -0.4 is 40.6 Å². The number of carbonyl (C=O) groups excluding carboxylic acids is 2. The Morgan fingerprint density at radius 3 is 1.95 bits per heavy atom. The van der Waals surface area contributed by atoms with Crippen LogP contribution in [0.4, 0.5) is 17.1 Å². The number of nitrogen functional groups attached to an aromatic ring is 1. The van der Waals surface area contributed by atoms with Crippen molar-refractivity contribution in [1.82, 2.24) is 0 Å². The minimum atomic E-state index is -5.08. The smallest absolute Gasteiger partial charge is 0.744 e. The second kappa shape index (κ2) is 11.8. The molecule has 0 heterocycles. The quantitative estimate of drug-likeness (QED) is 0.131. The van der Waals surface area contributed by atoms with Crippen molar-refractivity contribution in [2.24, 2.45) is 0 Å². The van der Waals surface area contributed by atoms with Gasteiger partial charge in [-0.25, -0.2) is 8.42 Å². The van der Waals surface area contributed by atoms with Crippen LogP contribution in [0.1, 0.15) is 51.3 Å². The molecule has 38 heavy (non-hydrogen) atoms. The van der Waals surface area contributed by atoms with Gasteiger partial charge < -0.3 is 24.7 Å². The standard InChI is InChI=1S/C25H25N2O8PS.Na/c1-3-34-36(30,35-4-2)14-15-9-11-16(12-10-15)27-19-13-20(37(31,32)33)23(26)22-21(19)24(28)17-7-5-6-8-18(17)25(22)29;/h5-13,27H,3-4,14,26H2,1-2H3,(H,31,32,33);/q;+1/p-1. The van der Waals surface area contributed by atoms with Gasteiger partial charge in [-0.15, -0.1) is 0 Å². The van der Waals surface area contributed by atoms with E-state index in [1.807, 2.05) is 0 Å². The molecule has 0 aliphatic heterocycles. The summed E-state index contributed by atoms with van der Waals surface area (Å²) in [4.78, 5) is 25.8. The fraction of sp³-hybridized carbons (Fsp3) is 0.200. The zero-order valence-electron chi connectivity index (χ0n) is 21.0. The van der Waals surface area contributed by atoms with E-state index in [9.17, 15) is 27.1 Å². The Kier molecular flexibility index (Phi) is 9.39. The van der Waals surface area contributed by atoms with Gasteiger partial charge in [-0.1, -0.05) is 36.4 Å². The minimum absolute atomic E-state index is 0. The SMILES string of the molecule is CCOP(=O)(Cc1ccc(Nc2cc(S(=O)(=O)[O-])c(N)c3c2C(=O)c2ccccc2C3=O)cc1)OCC.[Na+]. The van der Waals surface area contributed by atoms with E-state index in [-0.39, 0.29) is 76.9 Å². The average Bonchev–Trinajstić information content (AvgIpc) is 2.84. The summed E-state index contributed by atoms with van der Waals surface area (Å²) in [5, 5.41) is 2.93. The Hall–Kier alpha value is -2.34. The molecule has 3 aromatic carbocycles. The van der Waals surface area contributed by atoms with Crippen molar-refractivity contribution in [3.05, 3.63) is 82.4 Å². The summed E-state index contributed by atoms with van der Waals surface area (Å²) in [5.41, 5.74) is 6.12. The maximum atomic E-state index is 13.4. The topological polar surface area (TPSA) is 165 Å². The number of ketones is 2. The molecule has 0 saturated carbocycles. The van der Waals surface area contributed by atoms with Crippen LogP contribution in [-0.4, -0.2) is 37.8 Å². The van der Waals surface area contributed by atoms with Crippen LogP contribution in [-0.2, 0) is 29.9 Å². The molecule has 0 aromatic heterocycles. The molecular formula is C25H24N2NaO8PS. The summed E-state index contributed by atoms with van der Waals surface area (Å²) in [7, 11) is -8.41. The van der Waals surface area contributed by atoms with Crippen LogP contribution in [0.3, 0.4) is 0 Å². The van der Waals surface area contributed by atoms with Crippen LogP contribution in [0.5, 0.6) is 0 Å². The van der Waals surface area contributed by atoms with Gasteiger partial charge >= 0.3 is 37.2 Å². The van der Waals surface area contributed by atoms with Gasteiger partial charge in [0.25, 0.3) is 0 Å². The van der Waals surface area contributed by atoms with Crippen LogP contribution in [0.25, 0.3) is 0 Å². The summed E-state index contributed by atoms with van der Waals surface area (Å²) < 4.78 is 59.3. The van der Waals surface area contributed by atoms with Crippen LogP contribution >= 0.6 is 7.60 Å². The largest absolute Gasteiger partial charge is 1.00 e. The van der Waals surface area contributed by atoms with Gasteiger partial charge in [0.1, 0.15) is 10.1 Å². The molecule has 10 nitrogen and oxygen atoms in total. The molecule has 0 bridgehead atoms. The van der Waals surface area contributed by atoms with E-state index in [1.165, 1.54) is 12.1 Å². The molecule has 0 fully saturated rings. The van der Waals surface area contributed by atoms with E-state index in [0.717, 1.165) is 6.07 Å². The Balaban J connectivity index is 0.00000400. The average molecular weight is 567 g/mol. The molecule has 3 aromatic rings. The third-order valence-corrected chi connectivity index (χ3v) is 8.66. The van der Waals surface area contributed by atoms with E-state index < -0.39 is 39.9 Å².